The van der Waals surface area contributed by atoms with Gasteiger partial charge in [0.1, 0.15) is 32.7 Å². The molecule has 0 spiro atoms. The number of benzene rings is 4. The Morgan fingerprint density at radius 1 is 0.800 bits per heavy atom. The molecule has 0 fully saturated rings. The highest BCUT2D eigenvalue weighted by molar-refractivity contribution is 6.38. The topological polar surface area (TPSA) is 49.8 Å². The molecule has 0 aliphatic heterocycles. The van der Waals surface area contributed by atoms with Crippen LogP contribution in [0.1, 0.15) is 31.9 Å². The average Bonchev–Trinajstić information content (AvgIpc) is 3.33. The van der Waals surface area contributed by atoms with Crippen molar-refractivity contribution < 1.29 is 8.81 Å². The van der Waals surface area contributed by atoms with Gasteiger partial charge in [-0.15, -0.1) is 0 Å². The van der Waals surface area contributed by atoms with Crippen molar-refractivity contribution in [3.05, 3.63) is 102 Å². The Kier molecular flexibility index (Phi) is 6.11. The molecule has 0 saturated carbocycles. The van der Waals surface area contributed by atoms with Gasteiger partial charge < -0.3 is 4.42 Å². The maximum absolute atomic E-state index is 15.6. The largest absolute Gasteiger partial charge is 0.455 e. The van der Waals surface area contributed by atoms with Crippen LogP contribution in [-0.2, 0) is 5.41 Å². The van der Waals surface area contributed by atoms with Gasteiger partial charge in [-0.05, 0) is 57.4 Å². The summed E-state index contributed by atoms with van der Waals surface area (Å²) in [6.07, 6.45) is 0. The Labute approximate surface area is 235 Å². The maximum Gasteiger partial charge on any atom is 0.144 e. The predicted molar refractivity (Wildman–Crippen MR) is 162 cm³/mol. The molecule has 6 rings (SSSR count). The first-order valence-corrected chi connectivity index (χ1v) is 13.0. The second kappa shape index (κ2) is 9.54. The van der Waals surface area contributed by atoms with Crippen molar-refractivity contribution in [2.45, 2.75) is 26.2 Å². The van der Waals surface area contributed by atoms with Gasteiger partial charge >= 0.3 is 0 Å². The van der Waals surface area contributed by atoms with Gasteiger partial charge in [0.05, 0.1) is 17.3 Å². The number of para-hydroxylation sites is 1. The number of halogens is 1. The normalized spacial score (nSPS) is 11.7. The lowest BCUT2D eigenvalue weighted by Gasteiger charge is -2.24. The van der Waals surface area contributed by atoms with Crippen LogP contribution in [-0.4, -0.2) is 20.7 Å². The molecule has 0 aliphatic carbocycles. The quantitative estimate of drug-likeness (QED) is 0.241. The molecule has 2 aromatic heterocycles. The molecule has 0 amide bonds. The van der Waals surface area contributed by atoms with E-state index in [4.69, 9.17) is 20.1 Å². The van der Waals surface area contributed by atoms with Crippen molar-refractivity contribution in [1.82, 2.24) is 4.98 Å². The summed E-state index contributed by atoms with van der Waals surface area (Å²) in [6, 6.07) is 29.7. The molecule has 0 aliphatic rings. The van der Waals surface area contributed by atoms with E-state index in [1.54, 1.807) is 12.1 Å². The summed E-state index contributed by atoms with van der Waals surface area (Å²) < 4.78 is 22.1. The van der Waals surface area contributed by atoms with Crippen molar-refractivity contribution in [3.63, 3.8) is 0 Å². The number of hydrogen-bond acceptors (Lipinski definition) is 3. The lowest BCUT2D eigenvalue weighted by Crippen LogP contribution is -2.34. The van der Waals surface area contributed by atoms with Crippen molar-refractivity contribution in [1.29, 1.82) is 5.26 Å². The number of fused-ring (bicyclic) bond motifs is 3. The fraction of sp³-hybridized carbons (Fsp3) is 0.118. The first kappa shape index (κ1) is 25.6. The van der Waals surface area contributed by atoms with Gasteiger partial charge in [0.15, 0.2) is 0 Å². The summed E-state index contributed by atoms with van der Waals surface area (Å²) in [6.45, 7) is 5.59. The lowest BCUT2D eigenvalue weighted by molar-refractivity contribution is 0.529. The van der Waals surface area contributed by atoms with E-state index in [-0.39, 0.29) is 22.3 Å². The number of rotatable bonds is 3. The zero-order chi connectivity index (χ0) is 28.2. The monoisotopic (exact) mass is 516 g/mol. The fourth-order valence-corrected chi connectivity index (χ4v) is 5.42. The third-order valence-electron chi connectivity index (χ3n) is 7.25. The minimum Gasteiger partial charge on any atom is -0.455 e. The van der Waals surface area contributed by atoms with Crippen LogP contribution in [0, 0.1) is 17.1 Å². The Morgan fingerprint density at radius 2 is 1.48 bits per heavy atom. The van der Waals surface area contributed by atoms with Gasteiger partial charge in [-0.25, -0.2) is 4.39 Å². The summed E-state index contributed by atoms with van der Waals surface area (Å²) in [5.41, 5.74) is 5.65. The van der Waals surface area contributed by atoms with Gasteiger partial charge in [0.25, 0.3) is 0 Å². The highest BCUT2D eigenvalue weighted by atomic mass is 19.1. The molecule has 0 N–H and O–H groups in total. The van der Waals surface area contributed by atoms with E-state index in [0.717, 1.165) is 27.5 Å². The van der Waals surface area contributed by atoms with Crippen LogP contribution in [0.3, 0.4) is 0 Å². The van der Waals surface area contributed by atoms with Crippen molar-refractivity contribution in [2.75, 3.05) is 0 Å². The van der Waals surface area contributed by atoms with Gasteiger partial charge in [0.2, 0.25) is 0 Å². The smallest absolute Gasteiger partial charge is 0.144 e. The molecule has 6 heteroatoms. The van der Waals surface area contributed by atoms with Crippen molar-refractivity contribution >= 4 is 48.7 Å². The summed E-state index contributed by atoms with van der Waals surface area (Å²) in [5.74, 6) is -0.576. The molecule has 4 radical (unpaired) electrons. The first-order valence-electron chi connectivity index (χ1n) is 13.0. The third kappa shape index (κ3) is 4.10. The zero-order valence-electron chi connectivity index (χ0n) is 22.4. The van der Waals surface area contributed by atoms with Crippen LogP contribution < -0.4 is 11.1 Å². The van der Waals surface area contributed by atoms with Gasteiger partial charge in [0, 0.05) is 27.5 Å². The van der Waals surface area contributed by atoms with Gasteiger partial charge in [-0.3, -0.25) is 4.98 Å². The predicted octanol–water partition coefficient (Wildman–Crippen LogP) is 6.88. The number of pyridine rings is 1. The molecular formula is C34H23B2FN2O. The maximum atomic E-state index is 15.6. The minimum absolute atomic E-state index is 0.0828. The number of nitriles is 1. The molecule has 0 saturated heterocycles. The number of hydrogen-bond donors (Lipinski definition) is 0. The van der Waals surface area contributed by atoms with E-state index in [0.29, 0.717) is 27.9 Å². The van der Waals surface area contributed by atoms with E-state index in [1.165, 1.54) is 0 Å². The molecule has 2 heterocycles. The van der Waals surface area contributed by atoms with E-state index >= 15 is 4.39 Å². The number of furan rings is 1. The van der Waals surface area contributed by atoms with E-state index in [2.05, 4.69) is 17.1 Å². The molecule has 3 nitrogen and oxygen atoms in total. The Balaban J connectivity index is 1.62. The molecule has 0 atom stereocenters. The lowest BCUT2D eigenvalue weighted by atomic mass is 9.76. The summed E-state index contributed by atoms with van der Waals surface area (Å²) in [5, 5.41) is 11.7. The van der Waals surface area contributed by atoms with Gasteiger partial charge in [-0.1, -0.05) is 81.4 Å². The molecule has 6 aromatic rings. The van der Waals surface area contributed by atoms with Crippen LogP contribution in [0.2, 0.25) is 0 Å². The highest BCUT2D eigenvalue weighted by Crippen LogP contribution is 2.41. The second-order valence-corrected chi connectivity index (χ2v) is 10.9. The zero-order valence-corrected chi connectivity index (χ0v) is 22.4. The summed E-state index contributed by atoms with van der Waals surface area (Å²) in [7, 11) is 12.6. The Hall–Kier alpha value is -4.62. The first-order chi connectivity index (χ1) is 19.2. The molecule has 4 aromatic carbocycles. The van der Waals surface area contributed by atoms with Crippen LogP contribution in [0.25, 0.3) is 55.4 Å². The summed E-state index contributed by atoms with van der Waals surface area (Å²) in [4.78, 5) is 4.55. The Morgan fingerprint density at radius 3 is 2.20 bits per heavy atom. The SMILES string of the molecule is [B]c1nc(-c2cccc3c2oc2c(-c4cccc(-c5ccccc5)c4)c(C#N)ccc23)c([B])c(F)c1C(C)(C)C. The van der Waals surface area contributed by atoms with Gasteiger partial charge in [-0.2, -0.15) is 5.26 Å². The van der Waals surface area contributed by atoms with Crippen LogP contribution in [0.5, 0.6) is 0 Å². The van der Waals surface area contributed by atoms with E-state index in [9.17, 15) is 5.26 Å². The molecule has 188 valence electrons. The average molecular weight is 516 g/mol. The summed E-state index contributed by atoms with van der Waals surface area (Å²) >= 11 is 0. The number of aromatic nitrogens is 1. The van der Waals surface area contributed by atoms with E-state index in [1.807, 2.05) is 87.5 Å². The van der Waals surface area contributed by atoms with Crippen LogP contribution >= 0.6 is 0 Å². The third-order valence-corrected chi connectivity index (χ3v) is 7.25. The molecule has 0 unspecified atom stereocenters. The second-order valence-electron chi connectivity index (χ2n) is 10.9. The highest BCUT2D eigenvalue weighted by Gasteiger charge is 2.26. The van der Waals surface area contributed by atoms with Crippen LogP contribution in [0.4, 0.5) is 4.39 Å². The van der Waals surface area contributed by atoms with E-state index < -0.39 is 11.2 Å². The minimum atomic E-state index is -0.576. The molecule has 40 heavy (non-hydrogen) atoms. The molecule has 0 bridgehead atoms. The standard InChI is InChI=1S/C34H23B2FN2O/c1-34(2,3)27-29(37)28(35)30(39-33(27)36)25-14-8-13-23-24-16-15-22(18-38)26(32(24)40-31(23)25)21-12-7-11-20(17-21)19-9-5-4-6-10-19/h4-17H,1-3H3. The van der Waals surface area contributed by atoms with Crippen molar-refractivity contribution in [3.8, 4) is 39.6 Å². The molecular weight excluding hydrogens is 493 g/mol. The Bertz CT molecular complexity index is 1980. The fourth-order valence-electron chi connectivity index (χ4n) is 5.42. The van der Waals surface area contributed by atoms with Crippen LogP contribution in [0.15, 0.2) is 89.3 Å². The van der Waals surface area contributed by atoms with Crippen molar-refractivity contribution in [2.24, 2.45) is 0 Å². The number of nitrogens with zero attached hydrogens (tertiary/aromatic N) is 2.